The fourth-order valence-electron chi connectivity index (χ4n) is 3.06. The summed E-state index contributed by atoms with van der Waals surface area (Å²) < 4.78 is 29.1. The minimum Gasteiger partial charge on any atom is -0.386 e. The van der Waals surface area contributed by atoms with Crippen LogP contribution in [-0.4, -0.2) is 38.1 Å². The lowest BCUT2D eigenvalue weighted by Gasteiger charge is -2.20. The quantitative estimate of drug-likeness (QED) is 0.827. The van der Waals surface area contributed by atoms with E-state index in [1.54, 1.807) is 24.1 Å². The van der Waals surface area contributed by atoms with Crippen molar-refractivity contribution in [2.75, 3.05) is 6.54 Å². The molecular formula is C17H17F2N3O3. The van der Waals surface area contributed by atoms with Crippen LogP contribution in [0, 0.1) is 17.6 Å². The van der Waals surface area contributed by atoms with Gasteiger partial charge in [-0.3, -0.25) is 19.2 Å². The van der Waals surface area contributed by atoms with Crippen molar-refractivity contribution in [3.63, 3.8) is 0 Å². The van der Waals surface area contributed by atoms with Crippen LogP contribution in [-0.2, 0) is 23.1 Å². The van der Waals surface area contributed by atoms with Gasteiger partial charge in [0.25, 0.3) is 0 Å². The first kappa shape index (κ1) is 17.2. The van der Waals surface area contributed by atoms with Gasteiger partial charge < -0.3 is 5.11 Å². The zero-order valence-corrected chi connectivity index (χ0v) is 13.5. The summed E-state index contributed by atoms with van der Waals surface area (Å²) in [5.74, 6) is -3.31. The number of β-amino-alcohol motifs (C(OH)–C–C–N with tert-alkyl or cyclic N) is 1. The summed E-state index contributed by atoms with van der Waals surface area (Å²) in [5, 5.41) is 14.1. The molecule has 1 aliphatic heterocycles. The van der Waals surface area contributed by atoms with Crippen molar-refractivity contribution in [1.29, 1.82) is 0 Å². The number of aliphatic hydroxyl groups is 1. The number of aliphatic hydroxyl groups excluding tert-OH is 1. The second kappa shape index (κ2) is 6.72. The highest BCUT2D eigenvalue weighted by atomic mass is 19.1. The van der Waals surface area contributed by atoms with E-state index in [1.807, 2.05) is 0 Å². The molecule has 1 aromatic heterocycles. The first-order valence-electron chi connectivity index (χ1n) is 7.80. The molecule has 3 rings (SSSR count). The molecule has 0 unspecified atom stereocenters. The van der Waals surface area contributed by atoms with Crippen LogP contribution in [0.25, 0.3) is 0 Å². The summed E-state index contributed by atoms with van der Waals surface area (Å²) in [6, 6.07) is 3.21. The number of benzene rings is 1. The zero-order valence-electron chi connectivity index (χ0n) is 13.5. The molecule has 2 heterocycles. The van der Waals surface area contributed by atoms with E-state index in [4.69, 9.17) is 0 Å². The van der Waals surface area contributed by atoms with Crippen molar-refractivity contribution in [3.8, 4) is 0 Å². The number of imide groups is 1. The summed E-state index contributed by atoms with van der Waals surface area (Å²) in [6.45, 7) is -0.473. The molecule has 2 amide bonds. The van der Waals surface area contributed by atoms with Crippen LogP contribution in [0.15, 0.2) is 30.6 Å². The van der Waals surface area contributed by atoms with Crippen LogP contribution in [0.3, 0.4) is 0 Å². The predicted molar refractivity (Wildman–Crippen MR) is 83.1 cm³/mol. The van der Waals surface area contributed by atoms with E-state index in [1.165, 1.54) is 6.07 Å². The molecule has 0 bridgehead atoms. The molecule has 132 valence electrons. The Morgan fingerprint density at radius 3 is 2.60 bits per heavy atom. The van der Waals surface area contributed by atoms with Gasteiger partial charge in [-0.15, -0.1) is 0 Å². The SMILES string of the molecule is Cn1cc(C[C@@H]2CC(=O)N(C[C@H](O)c3c(F)cccc3F)C2=O)cn1. The summed E-state index contributed by atoms with van der Waals surface area (Å²) in [6.07, 6.45) is 2.10. The maximum Gasteiger partial charge on any atom is 0.233 e. The van der Waals surface area contributed by atoms with Crippen molar-refractivity contribution in [2.24, 2.45) is 13.0 Å². The van der Waals surface area contributed by atoms with Crippen molar-refractivity contribution >= 4 is 11.8 Å². The van der Waals surface area contributed by atoms with Gasteiger partial charge in [-0.25, -0.2) is 8.78 Å². The number of carbonyl (C=O) groups excluding carboxylic acids is 2. The van der Waals surface area contributed by atoms with Crippen LogP contribution in [0.2, 0.25) is 0 Å². The Hall–Kier alpha value is -2.61. The van der Waals surface area contributed by atoms with Crippen molar-refractivity contribution in [2.45, 2.75) is 18.9 Å². The second-order valence-electron chi connectivity index (χ2n) is 6.12. The average molecular weight is 349 g/mol. The van der Waals surface area contributed by atoms with Gasteiger partial charge in [0.05, 0.1) is 24.2 Å². The summed E-state index contributed by atoms with van der Waals surface area (Å²) in [5.41, 5.74) is 0.273. The van der Waals surface area contributed by atoms with E-state index < -0.39 is 47.6 Å². The van der Waals surface area contributed by atoms with Gasteiger partial charge in [0, 0.05) is 19.7 Å². The van der Waals surface area contributed by atoms with Gasteiger partial charge in [-0.2, -0.15) is 5.10 Å². The molecule has 8 heteroatoms. The number of nitrogens with zero attached hydrogens (tertiary/aromatic N) is 3. The van der Waals surface area contributed by atoms with Crippen LogP contribution in [0.5, 0.6) is 0 Å². The number of likely N-dealkylation sites (tertiary alicyclic amines) is 1. The molecule has 0 spiro atoms. The lowest BCUT2D eigenvalue weighted by molar-refractivity contribution is -0.141. The fraction of sp³-hybridized carbons (Fsp3) is 0.353. The number of hydrogen-bond donors (Lipinski definition) is 1. The highest BCUT2D eigenvalue weighted by Crippen LogP contribution is 2.27. The third-order valence-corrected chi connectivity index (χ3v) is 4.27. The van der Waals surface area contributed by atoms with Crippen molar-refractivity contribution in [1.82, 2.24) is 14.7 Å². The maximum absolute atomic E-state index is 13.7. The topological polar surface area (TPSA) is 75.4 Å². The summed E-state index contributed by atoms with van der Waals surface area (Å²) >= 11 is 0. The third-order valence-electron chi connectivity index (χ3n) is 4.27. The van der Waals surface area contributed by atoms with E-state index in [-0.39, 0.29) is 6.42 Å². The number of carbonyl (C=O) groups is 2. The molecule has 0 saturated carbocycles. The number of aryl methyl sites for hydroxylation is 1. The zero-order chi connectivity index (χ0) is 18.1. The van der Waals surface area contributed by atoms with E-state index in [0.717, 1.165) is 22.6 Å². The third kappa shape index (κ3) is 3.43. The predicted octanol–water partition coefficient (Wildman–Crippen LogP) is 1.35. The van der Waals surface area contributed by atoms with E-state index >= 15 is 0 Å². The number of aromatic nitrogens is 2. The Kier molecular flexibility index (Phi) is 4.63. The van der Waals surface area contributed by atoms with Gasteiger partial charge in [-0.1, -0.05) is 6.07 Å². The Balaban J connectivity index is 1.72. The molecule has 1 aliphatic rings. The standard InChI is InChI=1S/C17H17F2N3O3/c1-21-8-10(7-20-21)5-11-6-15(24)22(17(11)25)9-14(23)16-12(18)3-2-4-13(16)19/h2-4,7-8,11,14,23H,5-6,9H2,1H3/t11-,14+/m1/s1. The number of amides is 2. The summed E-state index contributed by atoms with van der Waals surface area (Å²) in [7, 11) is 1.75. The second-order valence-corrected chi connectivity index (χ2v) is 6.12. The Bertz CT molecular complexity index is 801. The average Bonchev–Trinajstić information content (AvgIpc) is 3.06. The Labute approximate surface area is 142 Å². The number of hydrogen-bond acceptors (Lipinski definition) is 4. The van der Waals surface area contributed by atoms with Gasteiger partial charge in [0.1, 0.15) is 17.7 Å². The minimum atomic E-state index is -1.62. The molecule has 1 fully saturated rings. The van der Waals surface area contributed by atoms with E-state index in [0.29, 0.717) is 6.42 Å². The van der Waals surface area contributed by atoms with E-state index in [2.05, 4.69) is 5.10 Å². The molecule has 25 heavy (non-hydrogen) atoms. The molecule has 1 aromatic carbocycles. The molecule has 2 aromatic rings. The van der Waals surface area contributed by atoms with Crippen LogP contribution in [0.4, 0.5) is 8.78 Å². The fourth-order valence-corrected chi connectivity index (χ4v) is 3.06. The Morgan fingerprint density at radius 2 is 2.00 bits per heavy atom. The van der Waals surface area contributed by atoms with Gasteiger partial charge in [-0.05, 0) is 24.1 Å². The largest absolute Gasteiger partial charge is 0.386 e. The van der Waals surface area contributed by atoms with Crippen molar-refractivity contribution < 1.29 is 23.5 Å². The molecule has 1 saturated heterocycles. The molecule has 1 N–H and O–H groups in total. The first-order valence-corrected chi connectivity index (χ1v) is 7.80. The van der Waals surface area contributed by atoms with E-state index in [9.17, 15) is 23.5 Å². The van der Waals surface area contributed by atoms with Crippen molar-refractivity contribution in [3.05, 3.63) is 53.4 Å². The first-order chi connectivity index (χ1) is 11.9. The van der Waals surface area contributed by atoms with Crippen LogP contribution < -0.4 is 0 Å². The highest BCUT2D eigenvalue weighted by Gasteiger charge is 2.40. The molecule has 6 nitrogen and oxygen atoms in total. The normalized spacial score (nSPS) is 18.9. The smallest absolute Gasteiger partial charge is 0.233 e. The summed E-state index contributed by atoms with van der Waals surface area (Å²) in [4.78, 5) is 25.4. The van der Waals surface area contributed by atoms with Gasteiger partial charge in [0.2, 0.25) is 11.8 Å². The number of halogens is 2. The molecular weight excluding hydrogens is 332 g/mol. The van der Waals surface area contributed by atoms with Crippen LogP contribution in [0.1, 0.15) is 23.7 Å². The van der Waals surface area contributed by atoms with Gasteiger partial charge in [0.15, 0.2) is 0 Å². The maximum atomic E-state index is 13.7. The lowest BCUT2D eigenvalue weighted by Crippen LogP contribution is -2.35. The minimum absolute atomic E-state index is 0.000200. The van der Waals surface area contributed by atoms with Gasteiger partial charge >= 0.3 is 0 Å². The number of rotatable bonds is 5. The molecule has 2 atom stereocenters. The lowest BCUT2D eigenvalue weighted by atomic mass is 10.0. The molecule has 0 radical (unpaired) electrons. The highest BCUT2D eigenvalue weighted by molar-refractivity contribution is 6.03. The molecule has 0 aliphatic carbocycles. The monoisotopic (exact) mass is 349 g/mol. The Morgan fingerprint density at radius 1 is 1.32 bits per heavy atom. The van der Waals surface area contributed by atoms with Crippen LogP contribution >= 0.6 is 0 Å².